The number of nitrogens with zero attached hydrogens (tertiary/aromatic N) is 1. The van der Waals surface area contributed by atoms with Gasteiger partial charge in [0, 0.05) is 24.7 Å². The highest BCUT2D eigenvalue weighted by molar-refractivity contribution is 5.93. The molecule has 0 bridgehead atoms. The number of aliphatic hydroxyl groups excluding tert-OH is 1. The van der Waals surface area contributed by atoms with E-state index in [1.54, 1.807) is 24.3 Å². The van der Waals surface area contributed by atoms with Crippen LogP contribution in [-0.4, -0.2) is 52.4 Å². The van der Waals surface area contributed by atoms with Crippen molar-refractivity contribution in [2.75, 3.05) is 18.5 Å². The summed E-state index contributed by atoms with van der Waals surface area (Å²) in [5.74, 6) is -0.503. The third-order valence-corrected chi connectivity index (χ3v) is 3.22. The minimum Gasteiger partial charge on any atom is -0.494 e. The van der Waals surface area contributed by atoms with E-state index >= 15 is 0 Å². The number of aliphatic carboxylic acids is 1. The Morgan fingerprint density at radius 3 is 2.90 bits per heavy atom. The number of nitrogens with one attached hydrogen (secondary N) is 1. The summed E-state index contributed by atoms with van der Waals surface area (Å²) in [4.78, 5) is 24.4. The molecule has 0 saturated carbocycles. The Kier molecular flexibility index (Phi) is 4.64. The summed E-state index contributed by atoms with van der Waals surface area (Å²) >= 11 is 0. The van der Waals surface area contributed by atoms with Crippen LogP contribution in [0.25, 0.3) is 0 Å². The fraction of sp³-hybridized carbons (Fsp3) is 0.429. The number of carbonyl (C=O) groups excluding carboxylic acids is 1. The van der Waals surface area contributed by atoms with Crippen LogP contribution in [0.5, 0.6) is 5.75 Å². The summed E-state index contributed by atoms with van der Waals surface area (Å²) in [5, 5.41) is 21.2. The number of urea groups is 1. The molecule has 0 aliphatic carbocycles. The van der Waals surface area contributed by atoms with E-state index < -0.39 is 24.1 Å². The molecule has 2 amide bonds. The molecular formula is C14H18N2O5. The second-order valence-corrected chi connectivity index (χ2v) is 4.79. The molecule has 7 heteroatoms. The van der Waals surface area contributed by atoms with Crippen LogP contribution in [0.15, 0.2) is 24.3 Å². The minimum absolute atomic E-state index is 0.00789. The summed E-state index contributed by atoms with van der Waals surface area (Å²) in [6.07, 6.45) is -0.770. The van der Waals surface area contributed by atoms with Gasteiger partial charge in [-0.1, -0.05) is 6.07 Å². The fourth-order valence-corrected chi connectivity index (χ4v) is 2.30. The zero-order chi connectivity index (χ0) is 15.4. The van der Waals surface area contributed by atoms with Gasteiger partial charge in [0.1, 0.15) is 11.8 Å². The molecule has 2 rings (SSSR count). The van der Waals surface area contributed by atoms with Crippen molar-refractivity contribution in [1.82, 2.24) is 4.90 Å². The topological polar surface area (TPSA) is 99.1 Å². The van der Waals surface area contributed by atoms with Crippen LogP contribution in [0.3, 0.4) is 0 Å². The Balaban J connectivity index is 2.07. The van der Waals surface area contributed by atoms with Crippen LogP contribution in [-0.2, 0) is 4.79 Å². The maximum Gasteiger partial charge on any atom is 0.326 e. The number of anilines is 1. The summed E-state index contributed by atoms with van der Waals surface area (Å²) in [6.45, 7) is 2.37. The van der Waals surface area contributed by atoms with Crippen LogP contribution in [0.1, 0.15) is 13.3 Å². The first-order chi connectivity index (χ1) is 10.0. The molecule has 1 saturated heterocycles. The molecule has 1 aromatic rings. The van der Waals surface area contributed by atoms with Gasteiger partial charge in [0.15, 0.2) is 0 Å². The number of carboxylic acid groups (broad SMARTS) is 1. The predicted octanol–water partition coefficient (Wildman–Crippen LogP) is 1.14. The van der Waals surface area contributed by atoms with E-state index in [1.165, 1.54) is 0 Å². The molecular weight excluding hydrogens is 276 g/mol. The minimum atomic E-state index is -1.12. The van der Waals surface area contributed by atoms with Crippen LogP contribution < -0.4 is 10.1 Å². The number of hydrogen-bond donors (Lipinski definition) is 3. The van der Waals surface area contributed by atoms with Crippen molar-refractivity contribution in [3.05, 3.63) is 24.3 Å². The highest BCUT2D eigenvalue weighted by atomic mass is 16.5. The summed E-state index contributed by atoms with van der Waals surface area (Å²) in [7, 11) is 0. The molecule has 2 atom stereocenters. The van der Waals surface area contributed by atoms with Gasteiger partial charge in [-0.15, -0.1) is 0 Å². The maximum atomic E-state index is 12.1. The predicted molar refractivity (Wildman–Crippen MR) is 75.4 cm³/mol. The Hall–Kier alpha value is -2.28. The van der Waals surface area contributed by atoms with Gasteiger partial charge in [0.25, 0.3) is 0 Å². The number of ether oxygens (including phenoxy) is 1. The molecule has 7 nitrogen and oxygen atoms in total. The molecule has 3 N–H and O–H groups in total. The first kappa shape index (κ1) is 15.1. The van der Waals surface area contributed by atoms with Gasteiger partial charge in [-0.05, 0) is 19.1 Å². The number of benzene rings is 1. The van der Waals surface area contributed by atoms with E-state index in [9.17, 15) is 14.7 Å². The first-order valence-electron chi connectivity index (χ1n) is 6.72. The molecule has 1 fully saturated rings. The monoisotopic (exact) mass is 294 g/mol. The summed E-state index contributed by atoms with van der Waals surface area (Å²) in [5.41, 5.74) is 0.511. The van der Waals surface area contributed by atoms with E-state index in [1.807, 2.05) is 6.92 Å². The van der Waals surface area contributed by atoms with Crippen LogP contribution in [0, 0.1) is 0 Å². The molecule has 1 aromatic carbocycles. The number of aliphatic hydroxyl groups is 1. The molecule has 0 radical (unpaired) electrons. The van der Waals surface area contributed by atoms with E-state index in [0.29, 0.717) is 18.0 Å². The van der Waals surface area contributed by atoms with Crippen LogP contribution >= 0.6 is 0 Å². The quantitative estimate of drug-likeness (QED) is 0.773. The van der Waals surface area contributed by atoms with Gasteiger partial charge in [-0.25, -0.2) is 9.59 Å². The molecule has 0 spiro atoms. The Bertz CT molecular complexity index is 534. The maximum absolute atomic E-state index is 12.1. The second-order valence-electron chi connectivity index (χ2n) is 4.79. The zero-order valence-corrected chi connectivity index (χ0v) is 11.7. The largest absolute Gasteiger partial charge is 0.494 e. The lowest BCUT2D eigenvalue weighted by Gasteiger charge is -2.21. The summed E-state index contributed by atoms with van der Waals surface area (Å²) < 4.78 is 5.33. The lowest BCUT2D eigenvalue weighted by molar-refractivity contribution is -0.141. The van der Waals surface area contributed by atoms with Crippen LogP contribution in [0.4, 0.5) is 10.5 Å². The van der Waals surface area contributed by atoms with Gasteiger partial charge in [0.05, 0.1) is 12.7 Å². The van der Waals surface area contributed by atoms with Crippen molar-refractivity contribution in [2.45, 2.75) is 25.5 Å². The zero-order valence-electron chi connectivity index (χ0n) is 11.7. The van der Waals surface area contributed by atoms with Crippen molar-refractivity contribution < 1.29 is 24.5 Å². The van der Waals surface area contributed by atoms with E-state index in [2.05, 4.69) is 5.32 Å². The van der Waals surface area contributed by atoms with Crippen molar-refractivity contribution >= 4 is 17.7 Å². The lowest BCUT2D eigenvalue weighted by atomic mass is 10.2. The number of hydrogen-bond acceptors (Lipinski definition) is 4. The second kappa shape index (κ2) is 6.45. The lowest BCUT2D eigenvalue weighted by Crippen LogP contribution is -2.43. The van der Waals surface area contributed by atoms with Gasteiger partial charge < -0.3 is 25.2 Å². The molecule has 0 unspecified atom stereocenters. The molecule has 21 heavy (non-hydrogen) atoms. The van der Waals surface area contributed by atoms with Crippen molar-refractivity contribution in [2.24, 2.45) is 0 Å². The fourth-order valence-electron chi connectivity index (χ4n) is 2.30. The molecule has 0 aromatic heterocycles. The molecule has 1 aliphatic rings. The van der Waals surface area contributed by atoms with Crippen molar-refractivity contribution in [3.63, 3.8) is 0 Å². The Morgan fingerprint density at radius 1 is 1.48 bits per heavy atom. The van der Waals surface area contributed by atoms with Gasteiger partial charge >= 0.3 is 12.0 Å². The number of likely N-dealkylation sites (tertiary alicyclic amines) is 1. The molecule has 1 aliphatic heterocycles. The van der Waals surface area contributed by atoms with Gasteiger partial charge in [-0.3, -0.25) is 0 Å². The van der Waals surface area contributed by atoms with Crippen molar-refractivity contribution in [3.8, 4) is 5.75 Å². The van der Waals surface area contributed by atoms with Crippen molar-refractivity contribution in [1.29, 1.82) is 0 Å². The molecule has 114 valence electrons. The third kappa shape index (κ3) is 3.63. The molecule has 1 heterocycles. The van der Waals surface area contributed by atoms with E-state index in [0.717, 1.165) is 4.90 Å². The van der Waals surface area contributed by atoms with Crippen LogP contribution in [0.2, 0.25) is 0 Å². The SMILES string of the molecule is CCOc1cccc(NC(=O)N2C[C@H](O)C[C@H]2C(=O)O)c1. The van der Waals surface area contributed by atoms with E-state index in [-0.39, 0.29) is 13.0 Å². The summed E-state index contributed by atoms with van der Waals surface area (Å²) in [6, 6.07) is 5.28. The highest BCUT2D eigenvalue weighted by Crippen LogP contribution is 2.21. The average molecular weight is 294 g/mol. The Labute approximate surface area is 122 Å². The Morgan fingerprint density at radius 2 is 2.24 bits per heavy atom. The first-order valence-corrected chi connectivity index (χ1v) is 6.72. The number of carboxylic acids is 1. The number of carbonyl (C=O) groups is 2. The average Bonchev–Trinajstić information content (AvgIpc) is 2.82. The number of amides is 2. The van der Waals surface area contributed by atoms with Gasteiger partial charge in [-0.2, -0.15) is 0 Å². The number of rotatable bonds is 4. The van der Waals surface area contributed by atoms with E-state index in [4.69, 9.17) is 9.84 Å². The van der Waals surface area contributed by atoms with Gasteiger partial charge in [0.2, 0.25) is 0 Å². The highest BCUT2D eigenvalue weighted by Gasteiger charge is 2.38. The third-order valence-electron chi connectivity index (χ3n) is 3.22. The number of β-amino-alcohol motifs (C(OH)–C–C–N with tert-alkyl or cyclic N) is 1. The standard InChI is InChI=1S/C14H18N2O5/c1-2-21-11-5-3-4-9(6-11)15-14(20)16-8-10(17)7-12(16)13(18)19/h3-6,10,12,17H,2,7-8H2,1H3,(H,15,20)(H,18,19)/t10-,12+/m1/s1. The normalized spacial score (nSPS) is 21.1. The smallest absolute Gasteiger partial charge is 0.326 e.